The largest absolute Gasteiger partial charge is 0.497 e. The normalized spacial score (nSPS) is 16.5. The molecule has 190 valence electrons. The van der Waals surface area contributed by atoms with E-state index in [4.69, 9.17) is 9.73 Å². The summed E-state index contributed by atoms with van der Waals surface area (Å²) in [7, 11) is 1.62. The van der Waals surface area contributed by atoms with Crippen LogP contribution in [0.1, 0.15) is 57.3 Å². The van der Waals surface area contributed by atoms with Gasteiger partial charge >= 0.3 is 0 Å². The van der Waals surface area contributed by atoms with Crippen molar-refractivity contribution in [2.75, 3.05) is 17.8 Å². The number of aromatic nitrogens is 1. The number of rotatable bonds is 7. The van der Waals surface area contributed by atoms with Crippen molar-refractivity contribution in [3.05, 3.63) is 87.9 Å². The first-order valence-corrected chi connectivity index (χ1v) is 13.5. The molecule has 37 heavy (non-hydrogen) atoms. The molecule has 0 unspecified atom stereocenters. The number of methoxy groups -OCH3 is 1. The molecule has 1 amide bonds. The van der Waals surface area contributed by atoms with Crippen LogP contribution in [-0.2, 0) is 4.79 Å². The van der Waals surface area contributed by atoms with Gasteiger partial charge in [0, 0.05) is 23.0 Å². The monoisotopic (exact) mass is 513 g/mol. The van der Waals surface area contributed by atoms with Gasteiger partial charge in [-0.25, -0.2) is 4.99 Å². The van der Waals surface area contributed by atoms with Crippen LogP contribution in [0.2, 0.25) is 0 Å². The van der Waals surface area contributed by atoms with E-state index in [9.17, 15) is 9.59 Å². The SMILES string of the molecule is COc1ccc(/C=C2\N=C(SCC(=O)c3cc(C)n(C4CC4)c3C)N(c3cc(C)cc(C)c3)C2=O)cc1. The third-order valence-electron chi connectivity index (χ3n) is 6.74. The molecule has 0 spiro atoms. The molecule has 1 fully saturated rings. The van der Waals surface area contributed by atoms with Gasteiger partial charge in [0.2, 0.25) is 0 Å². The van der Waals surface area contributed by atoms with Crippen molar-refractivity contribution in [3.8, 4) is 5.75 Å². The Bertz CT molecular complexity index is 1430. The number of aryl methyl sites for hydroxylation is 3. The van der Waals surface area contributed by atoms with Crippen molar-refractivity contribution in [1.29, 1.82) is 0 Å². The Morgan fingerprint density at radius 3 is 2.35 bits per heavy atom. The Kier molecular flexibility index (Phi) is 6.82. The van der Waals surface area contributed by atoms with E-state index in [2.05, 4.69) is 17.6 Å². The van der Waals surface area contributed by atoms with Gasteiger partial charge in [-0.05, 0) is 93.6 Å². The average molecular weight is 514 g/mol. The maximum absolute atomic E-state index is 13.6. The van der Waals surface area contributed by atoms with E-state index in [1.54, 1.807) is 18.1 Å². The highest BCUT2D eigenvalue weighted by Gasteiger charge is 2.33. The minimum atomic E-state index is -0.206. The smallest absolute Gasteiger partial charge is 0.283 e. The van der Waals surface area contributed by atoms with Crippen molar-refractivity contribution in [3.63, 3.8) is 0 Å². The van der Waals surface area contributed by atoms with E-state index < -0.39 is 0 Å². The van der Waals surface area contributed by atoms with Gasteiger partial charge in [-0.15, -0.1) is 0 Å². The molecule has 5 rings (SSSR count). The van der Waals surface area contributed by atoms with Crippen molar-refractivity contribution >= 4 is 40.4 Å². The number of amides is 1. The van der Waals surface area contributed by atoms with Crippen LogP contribution in [0.15, 0.2) is 59.2 Å². The van der Waals surface area contributed by atoms with E-state index in [1.807, 2.05) is 63.2 Å². The molecule has 0 atom stereocenters. The zero-order chi connectivity index (χ0) is 26.3. The number of thioether (sulfide) groups is 1. The van der Waals surface area contributed by atoms with Gasteiger partial charge in [-0.3, -0.25) is 14.5 Å². The minimum Gasteiger partial charge on any atom is -0.497 e. The van der Waals surface area contributed by atoms with Gasteiger partial charge in [0.25, 0.3) is 5.91 Å². The van der Waals surface area contributed by atoms with Gasteiger partial charge in [-0.2, -0.15) is 0 Å². The number of carbonyl (C=O) groups is 2. The lowest BCUT2D eigenvalue weighted by Crippen LogP contribution is -2.31. The number of nitrogens with zero attached hydrogens (tertiary/aromatic N) is 3. The standard InChI is InChI=1S/C30H31N3O3S/c1-18-12-19(2)14-24(13-18)33-29(35)27(16-22-6-10-25(36-5)11-7-22)31-30(33)37-17-28(34)26-15-20(3)32(21(26)4)23-8-9-23/h6-7,10-16,23H,8-9,17H2,1-5H3/b27-16-. The number of ketones is 1. The number of hydrogen-bond donors (Lipinski definition) is 0. The number of anilines is 1. The summed E-state index contributed by atoms with van der Waals surface area (Å²) in [5.41, 5.74) is 6.98. The minimum absolute atomic E-state index is 0.0492. The first kappa shape index (κ1) is 25.1. The van der Waals surface area contributed by atoms with Crippen molar-refractivity contribution in [1.82, 2.24) is 4.57 Å². The molecule has 3 aromatic rings. The number of carbonyl (C=O) groups excluding carboxylic acids is 2. The molecule has 7 heteroatoms. The van der Waals surface area contributed by atoms with Crippen molar-refractivity contribution < 1.29 is 14.3 Å². The average Bonchev–Trinajstić information content (AvgIpc) is 3.58. The summed E-state index contributed by atoms with van der Waals surface area (Å²) in [6.07, 6.45) is 4.12. The van der Waals surface area contributed by atoms with Crippen LogP contribution in [0, 0.1) is 27.7 Å². The molecule has 6 nitrogen and oxygen atoms in total. The highest BCUT2D eigenvalue weighted by Crippen LogP contribution is 2.39. The maximum Gasteiger partial charge on any atom is 0.283 e. The Hall–Kier alpha value is -3.58. The lowest BCUT2D eigenvalue weighted by atomic mass is 10.1. The first-order chi connectivity index (χ1) is 17.7. The highest BCUT2D eigenvalue weighted by molar-refractivity contribution is 8.14. The van der Waals surface area contributed by atoms with Crippen LogP contribution in [0.4, 0.5) is 5.69 Å². The molecule has 1 aliphatic carbocycles. The molecule has 2 aromatic carbocycles. The fourth-order valence-electron chi connectivity index (χ4n) is 4.92. The van der Waals surface area contributed by atoms with E-state index in [-0.39, 0.29) is 17.4 Å². The second-order valence-electron chi connectivity index (χ2n) is 9.78. The Labute approximate surface area is 222 Å². The quantitative estimate of drug-likeness (QED) is 0.270. The topological polar surface area (TPSA) is 63.9 Å². The summed E-state index contributed by atoms with van der Waals surface area (Å²) < 4.78 is 7.52. The number of ether oxygens (including phenoxy) is 1. The molecule has 0 saturated heterocycles. The van der Waals surface area contributed by atoms with Gasteiger partial charge in [-0.1, -0.05) is 30.0 Å². The van der Waals surface area contributed by atoms with Crippen LogP contribution in [-0.4, -0.2) is 34.3 Å². The fraction of sp³-hybridized carbons (Fsp3) is 0.300. The molecule has 1 saturated carbocycles. The third-order valence-corrected chi connectivity index (χ3v) is 7.68. The Morgan fingerprint density at radius 1 is 1.05 bits per heavy atom. The zero-order valence-electron chi connectivity index (χ0n) is 21.9. The second kappa shape index (κ2) is 10.1. The third kappa shape index (κ3) is 5.14. The van der Waals surface area contributed by atoms with E-state index in [1.165, 1.54) is 24.6 Å². The second-order valence-corrected chi connectivity index (χ2v) is 10.7. The van der Waals surface area contributed by atoms with Crippen molar-refractivity contribution in [2.24, 2.45) is 4.99 Å². The predicted molar refractivity (Wildman–Crippen MR) is 151 cm³/mol. The van der Waals surface area contributed by atoms with Gasteiger partial charge in [0.15, 0.2) is 11.0 Å². The summed E-state index contributed by atoms with van der Waals surface area (Å²) in [6.45, 7) is 8.10. The van der Waals surface area contributed by atoms with Gasteiger partial charge in [0.05, 0.1) is 18.6 Å². The zero-order valence-corrected chi connectivity index (χ0v) is 22.7. The highest BCUT2D eigenvalue weighted by atomic mass is 32.2. The number of aliphatic imine (C=N–C) groups is 1. The van der Waals surface area contributed by atoms with Crippen LogP contribution < -0.4 is 9.64 Å². The summed E-state index contributed by atoms with van der Waals surface area (Å²) in [4.78, 5) is 33.2. The van der Waals surface area contributed by atoms with Crippen LogP contribution >= 0.6 is 11.8 Å². The van der Waals surface area contributed by atoms with Crippen molar-refractivity contribution in [2.45, 2.75) is 46.6 Å². The van der Waals surface area contributed by atoms with E-state index in [0.29, 0.717) is 16.9 Å². The van der Waals surface area contributed by atoms with Crippen LogP contribution in [0.5, 0.6) is 5.75 Å². The summed E-state index contributed by atoms with van der Waals surface area (Å²) in [5, 5.41) is 0.513. The Morgan fingerprint density at radius 2 is 1.73 bits per heavy atom. The summed E-state index contributed by atoms with van der Waals surface area (Å²) in [6, 6.07) is 16.0. The number of hydrogen-bond acceptors (Lipinski definition) is 5. The van der Waals surface area contributed by atoms with E-state index >= 15 is 0 Å². The maximum atomic E-state index is 13.6. The molecular weight excluding hydrogens is 482 g/mol. The predicted octanol–water partition coefficient (Wildman–Crippen LogP) is 6.43. The molecule has 0 bridgehead atoms. The first-order valence-electron chi connectivity index (χ1n) is 12.5. The molecule has 2 heterocycles. The molecular formula is C30H31N3O3S. The lowest BCUT2D eigenvalue weighted by molar-refractivity contribution is -0.113. The molecule has 2 aliphatic rings. The number of benzene rings is 2. The molecule has 0 N–H and O–H groups in total. The summed E-state index contributed by atoms with van der Waals surface area (Å²) >= 11 is 1.31. The van der Waals surface area contributed by atoms with Crippen LogP contribution in [0.3, 0.4) is 0 Å². The molecule has 1 aliphatic heterocycles. The van der Waals surface area contributed by atoms with Gasteiger partial charge < -0.3 is 9.30 Å². The molecule has 0 radical (unpaired) electrons. The fourth-order valence-corrected chi connectivity index (χ4v) is 5.82. The van der Waals surface area contributed by atoms with E-state index in [0.717, 1.165) is 45.1 Å². The lowest BCUT2D eigenvalue weighted by Gasteiger charge is -2.19. The van der Waals surface area contributed by atoms with Crippen LogP contribution in [0.25, 0.3) is 6.08 Å². The summed E-state index contributed by atoms with van der Waals surface area (Å²) in [5.74, 6) is 0.796. The molecule has 1 aromatic heterocycles. The number of amidine groups is 1. The Balaban J connectivity index is 1.44. The van der Waals surface area contributed by atoms with Gasteiger partial charge in [0.1, 0.15) is 11.4 Å². The number of Topliss-reactive ketones (excluding diaryl/α,β-unsaturated/α-hetero) is 1.